The van der Waals surface area contributed by atoms with Gasteiger partial charge in [-0.25, -0.2) is 0 Å². The molecule has 17 heavy (non-hydrogen) atoms. The van der Waals surface area contributed by atoms with Gasteiger partial charge < -0.3 is 10.6 Å². The monoisotopic (exact) mass is 234 g/mol. The van der Waals surface area contributed by atoms with E-state index < -0.39 is 0 Å². The molecule has 0 saturated heterocycles. The number of hydrogen-bond acceptors (Lipinski definition) is 2. The Bertz CT molecular complexity index is 337. The summed E-state index contributed by atoms with van der Waals surface area (Å²) >= 11 is 0. The van der Waals surface area contributed by atoms with Crippen LogP contribution in [0.2, 0.25) is 0 Å². The van der Waals surface area contributed by atoms with Crippen molar-refractivity contribution in [3.05, 3.63) is 35.9 Å². The zero-order chi connectivity index (χ0) is 12.7. The maximum absolute atomic E-state index is 11.9. The predicted molar refractivity (Wildman–Crippen MR) is 70.6 cm³/mol. The molecule has 1 aromatic carbocycles. The smallest absolute Gasteiger partial charge is 0.225 e. The lowest BCUT2D eigenvalue weighted by Gasteiger charge is -2.21. The molecule has 0 aliphatic rings. The largest absolute Gasteiger partial charge is 0.345 e. The second kappa shape index (κ2) is 7.07. The summed E-state index contributed by atoms with van der Waals surface area (Å²) in [4.78, 5) is 13.7. The number of nitrogens with two attached hydrogens (primary N) is 1. The topological polar surface area (TPSA) is 46.3 Å². The van der Waals surface area contributed by atoms with Crippen molar-refractivity contribution in [1.82, 2.24) is 4.90 Å². The summed E-state index contributed by atoms with van der Waals surface area (Å²) < 4.78 is 0. The zero-order valence-electron chi connectivity index (χ0n) is 10.7. The van der Waals surface area contributed by atoms with E-state index in [1.165, 1.54) is 5.56 Å². The van der Waals surface area contributed by atoms with Crippen molar-refractivity contribution < 1.29 is 4.79 Å². The van der Waals surface area contributed by atoms with E-state index in [0.717, 1.165) is 19.4 Å². The van der Waals surface area contributed by atoms with Crippen LogP contribution in [0.4, 0.5) is 0 Å². The standard InChI is InChI=1S/C14H22N2O/c1-12(8-10-15)14(17)16(2)11-9-13-6-4-3-5-7-13/h3-7,12H,8-11,15H2,1-2H3. The van der Waals surface area contributed by atoms with Crippen molar-refractivity contribution in [3.63, 3.8) is 0 Å². The molecule has 1 amide bonds. The molecule has 3 heteroatoms. The lowest BCUT2D eigenvalue weighted by atomic mass is 10.1. The number of hydrogen-bond donors (Lipinski definition) is 1. The summed E-state index contributed by atoms with van der Waals surface area (Å²) in [5.41, 5.74) is 6.72. The fraction of sp³-hybridized carbons (Fsp3) is 0.500. The Hall–Kier alpha value is -1.35. The Morgan fingerprint density at radius 2 is 2.00 bits per heavy atom. The summed E-state index contributed by atoms with van der Waals surface area (Å²) in [6.45, 7) is 3.27. The highest BCUT2D eigenvalue weighted by atomic mass is 16.2. The van der Waals surface area contributed by atoms with Gasteiger partial charge >= 0.3 is 0 Å². The third-order valence-electron chi connectivity index (χ3n) is 2.98. The molecular weight excluding hydrogens is 212 g/mol. The Morgan fingerprint density at radius 3 is 2.59 bits per heavy atom. The molecule has 0 fully saturated rings. The van der Waals surface area contributed by atoms with Gasteiger partial charge in [-0.15, -0.1) is 0 Å². The van der Waals surface area contributed by atoms with Gasteiger partial charge in [0.05, 0.1) is 0 Å². The zero-order valence-corrected chi connectivity index (χ0v) is 10.7. The summed E-state index contributed by atoms with van der Waals surface area (Å²) in [5.74, 6) is 0.215. The molecule has 3 nitrogen and oxygen atoms in total. The molecule has 0 heterocycles. The van der Waals surface area contributed by atoms with Gasteiger partial charge in [0.2, 0.25) is 5.91 Å². The van der Waals surface area contributed by atoms with E-state index in [-0.39, 0.29) is 11.8 Å². The Kier molecular flexibility index (Phi) is 5.70. The van der Waals surface area contributed by atoms with Crippen molar-refractivity contribution in [3.8, 4) is 0 Å². The lowest BCUT2D eigenvalue weighted by molar-refractivity contribution is -0.133. The summed E-state index contributed by atoms with van der Waals surface area (Å²) in [6.07, 6.45) is 1.66. The van der Waals surface area contributed by atoms with Crippen molar-refractivity contribution in [1.29, 1.82) is 0 Å². The number of likely N-dealkylation sites (N-methyl/N-ethyl adjacent to an activating group) is 1. The second-order valence-corrected chi connectivity index (χ2v) is 4.47. The third-order valence-corrected chi connectivity index (χ3v) is 2.98. The summed E-state index contributed by atoms with van der Waals surface area (Å²) in [7, 11) is 1.86. The molecule has 0 aromatic heterocycles. The quantitative estimate of drug-likeness (QED) is 0.814. The molecular formula is C14H22N2O. The first-order chi connectivity index (χ1) is 8.15. The SMILES string of the molecule is CC(CCN)C(=O)N(C)CCc1ccccc1. The first kappa shape index (κ1) is 13.7. The maximum Gasteiger partial charge on any atom is 0.225 e. The predicted octanol–water partition coefficient (Wildman–Crippen LogP) is 1.67. The molecule has 0 spiro atoms. The fourth-order valence-corrected chi connectivity index (χ4v) is 1.80. The Morgan fingerprint density at radius 1 is 1.35 bits per heavy atom. The minimum atomic E-state index is 0.0285. The molecule has 0 bridgehead atoms. The summed E-state index contributed by atoms with van der Waals surface area (Å²) in [5, 5.41) is 0. The molecule has 1 aromatic rings. The molecule has 1 atom stereocenters. The number of amides is 1. The number of nitrogens with zero attached hydrogens (tertiary/aromatic N) is 1. The molecule has 0 radical (unpaired) electrons. The molecule has 1 unspecified atom stereocenters. The van der Waals surface area contributed by atoms with E-state index in [1.807, 2.05) is 32.2 Å². The average molecular weight is 234 g/mol. The van der Waals surface area contributed by atoms with Gasteiger partial charge in [0.25, 0.3) is 0 Å². The van der Waals surface area contributed by atoms with E-state index in [4.69, 9.17) is 5.73 Å². The van der Waals surface area contributed by atoms with Crippen LogP contribution in [0.15, 0.2) is 30.3 Å². The van der Waals surface area contributed by atoms with Gasteiger partial charge in [0, 0.05) is 19.5 Å². The highest BCUT2D eigenvalue weighted by Gasteiger charge is 2.16. The van der Waals surface area contributed by atoms with E-state index >= 15 is 0 Å². The van der Waals surface area contributed by atoms with Gasteiger partial charge in [-0.1, -0.05) is 37.3 Å². The highest BCUT2D eigenvalue weighted by Crippen LogP contribution is 2.06. The van der Waals surface area contributed by atoms with Crippen molar-refractivity contribution >= 4 is 5.91 Å². The minimum absolute atomic E-state index is 0.0285. The van der Waals surface area contributed by atoms with Gasteiger partial charge in [0.15, 0.2) is 0 Å². The van der Waals surface area contributed by atoms with Crippen LogP contribution >= 0.6 is 0 Å². The third kappa shape index (κ3) is 4.57. The average Bonchev–Trinajstić information content (AvgIpc) is 2.36. The fourth-order valence-electron chi connectivity index (χ4n) is 1.80. The molecule has 94 valence electrons. The van der Waals surface area contributed by atoms with E-state index in [2.05, 4.69) is 12.1 Å². The number of carbonyl (C=O) groups is 1. The lowest BCUT2D eigenvalue weighted by Crippen LogP contribution is -2.34. The van der Waals surface area contributed by atoms with Crippen LogP contribution in [-0.2, 0) is 11.2 Å². The van der Waals surface area contributed by atoms with Crippen LogP contribution in [-0.4, -0.2) is 30.9 Å². The molecule has 2 N–H and O–H groups in total. The van der Waals surface area contributed by atoms with Gasteiger partial charge in [0.1, 0.15) is 0 Å². The Balaban J connectivity index is 2.39. The van der Waals surface area contributed by atoms with E-state index in [0.29, 0.717) is 6.54 Å². The second-order valence-electron chi connectivity index (χ2n) is 4.47. The maximum atomic E-state index is 11.9. The Labute approximate surface area is 104 Å². The first-order valence-electron chi connectivity index (χ1n) is 6.14. The van der Waals surface area contributed by atoms with Crippen LogP contribution in [0.1, 0.15) is 18.9 Å². The van der Waals surface area contributed by atoms with Crippen LogP contribution in [0.5, 0.6) is 0 Å². The molecule has 0 aliphatic heterocycles. The highest BCUT2D eigenvalue weighted by molar-refractivity contribution is 5.78. The van der Waals surface area contributed by atoms with E-state index in [9.17, 15) is 4.79 Å². The van der Waals surface area contributed by atoms with Crippen LogP contribution < -0.4 is 5.73 Å². The van der Waals surface area contributed by atoms with Crippen LogP contribution in [0.3, 0.4) is 0 Å². The minimum Gasteiger partial charge on any atom is -0.345 e. The van der Waals surface area contributed by atoms with Gasteiger partial charge in [-0.2, -0.15) is 0 Å². The number of benzene rings is 1. The van der Waals surface area contributed by atoms with Gasteiger partial charge in [-0.05, 0) is 24.9 Å². The molecule has 0 saturated carbocycles. The first-order valence-corrected chi connectivity index (χ1v) is 6.14. The molecule has 1 rings (SSSR count). The number of rotatable bonds is 6. The molecule has 0 aliphatic carbocycles. The van der Waals surface area contributed by atoms with Crippen LogP contribution in [0.25, 0.3) is 0 Å². The van der Waals surface area contributed by atoms with Crippen molar-refractivity contribution in [2.75, 3.05) is 20.1 Å². The van der Waals surface area contributed by atoms with E-state index in [1.54, 1.807) is 4.90 Å². The van der Waals surface area contributed by atoms with Crippen LogP contribution in [0, 0.1) is 5.92 Å². The van der Waals surface area contributed by atoms with Gasteiger partial charge in [-0.3, -0.25) is 4.79 Å². The normalized spacial score (nSPS) is 12.2. The number of carbonyl (C=O) groups excluding carboxylic acids is 1. The van der Waals surface area contributed by atoms with Crippen molar-refractivity contribution in [2.24, 2.45) is 11.7 Å². The van der Waals surface area contributed by atoms with Crippen molar-refractivity contribution in [2.45, 2.75) is 19.8 Å². The summed E-state index contributed by atoms with van der Waals surface area (Å²) in [6, 6.07) is 10.2.